The first-order valence-electron chi connectivity index (χ1n) is 8.75. The van der Waals surface area contributed by atoms with Crippen molar-refractivity contribution in [2.45, 2.75) is 17.7 Å². The molecule has 0 fully saturated rings. The molecule has 2 aromatic carbocycles. The van der Waals surface area contributed by atoms with Crippen LogP contribution >= 0.6 is 23.1 Å². The van der Waals surface area contributed by atoms with Gasteiger partial charge in [0.05, 0.1) is 30.7 Å². The fraction of sp³-hybridized carbons (Fsp3) is 0.190. The molecule has 0 spiro atoms. The van der Waals surface area contributed by atoms with E-state index < -0.39 is 0 Å². The van der Waals surface area contributed by atoms with Gasteiger partial charge in [0, 0.05) is 10.9 Å². The van der Waals surface area contributed by atoms with Crippen LogP contribution in [-0.4, -0.2) is 29.5 Å². The lowest BCUT2D eigenvalue weighted by atomic mass is 10.1. The highest BCUT2D eigenvalue weighted by Crippen LogP contribution is 2.26. The number of amides is 1. The Kier molecular flexibility index (Phi) is 7.00. The van der Waals surface area contributed by atoms with Gasteiger partial charge in [0.25, 0.3) is 0 Å². The second-order valence-electron chi connectivity index (χ2n) is 6.25. The average molecular weight is 431 g/mol. The van der Waals surface area contributed by atoms with Crippen LogP contribution in [0.2, 0.25) is 0 Å². The van der Waals surface area contributed by atoms with Crippen molar-refractivity contribution in [3.63, 3.8) is 0 Å². The molecular weight excluding hydrogens is 411 g/mol. The highest BCUT2D eigenvalue weighted by Gasteiger charge is 2.13. The number of thiazole rings is 1. The number of benzene rings is 2. The minimum absolute atomic E-state index is 0.101. The topological polar surface area (TPSA) is 68.3 Å². The Hall–Kier alpha value is -2.71. The number of aromatic nitrogens is 1. The maximum Gasteiger partial charge on any atom is 0.230 e. The molecule has 5 nitrogen and oxygen atoms in total. The molecule has 1 heterocycles. The van der Waals surface area contributed by atoms with Gasteiger partial charge in [0.2, 0.25) is 5.91 Å². The second-order valence-corrected chi connectivity index (χ2v) is 8.33. The van der Waals surface area contributed by atoms with E-state index in [0.717, 1.165) is 5.56 Å². The third-order valence-electron chi connectivity index (χ3n) is 4.00. The van der Waals surface area contributed by atoms with Gasteiger partial charge in [-0.1, -0.05) is 17.8 Å². The van der Waals surface area contributed by atoms with Crippen LogP contribution in [0.25, 0.3) is 0 Å². The molecule has 3 rings (SSSR count). The molecule has 0 unspecified atom stereocenters. The van der Waals surface area contributed by atoms with E-state index in [1.165, 1.54) is 47.4 Å². The summed E-state index contributed by atoms with van der Waals surface area (Å²) in [6, 6.07) is 11.0. The zero-order valence-electron chi connectivity index (χ0n) is 15.9. The van der Waals surface area contributed by atoms with Gasteiger partial charge >= 0.3 is 0 Å². The van der Waals surface area contributed by atoms with Gasteiger partial charge in [0.15, 0.2) is 10.1 Å². The third-order valence-corrected chi connectivity index (χ3v) is 6.07. The molecular formula is C21H19FN2O3S2. The van der Waals surface area contributed by atoms with E-state index in [0.29, 0.717) is 27.0 Å². The van der Waals surface area contributed by atoms with Crippen molar-refractivity contribution in [1.29, 1.82) is 0 Å². The van der Waals surface area contributed by atoms with E-state index >= 15 is 0 Å². The molecule has 0 aliphatic carbocycles. The van der Waals surface area contributed by atoms with E-state index in [9.17, 15) is 14.0 Å². The summed E-state index contributed by atoms with van der Waals surface area (Å²) < 4.78 is 18.9. The molecule has 29 heavy (non-hydrogen) atoms. The number of ketones is 1. The number of methoxy groups -OCH3 is 1. The largest absolute Gasteiger partial charge is 0.495 e. The van der Waals surface area contributed by atoms with Crippen LogP contribution in [0.15, 0.2) is 52.2 Å². The van der Waals surface area contributed by atoms with E-state index in [2.05, 4.69) is 10.3 Å². The molecule has 0 bridgehead atoms. The van der Waals surface area contributed by atoms with E-state index in [1.807, 2.05) is 19.1 Å². The number of rotatable bonds is 8. The predicted octanol–water partition coefficient (Wildman–Crippen LogP) is 4.76. The molecule has 1 amide bonds. The van der Waals surface area contributed by atoms with Gasteiger partial charge in [-0.2, -0.15) is 0 Å². The van der Waals surface area contributed by atoms with Crippen molar-refractivity contribution in [2.75, 3.05) is 18.2 Å². The molecule has 0 saturated heterocycles. The van der Waals surface area contributed by atoms with Crippen LogP contribution < -0.4 is 10.1 Å². The van der Waals surface area contributed by atoms with E-state index in [1.54, 1.807) is 18.6 Å². The minimum Gasteiger partial charge on any atom is -0.495 e. The number of anilines is 1. The molecule has 150 valence electrons. The quantitative estimate of drug-likeness (QED) is 0.412. The van der Waals surface area contributed by atoms with Gasteiger partial charge in [-0.05, 0) is 48.9 Å². The smallest absolute Gasteiger partial charge is 0.230 e. The van der Waals surface area contributed by atoms with Crippen molar-refractivity contribution < 1.29 is 18.7 Å². The number of carbonyl (C=O) groups excluding carboxylic acids is 2. The van der Waals surface area contributed by atoms with Crippen molar-refractivity contribution in [1.82, 2.24) is 4.98 Å². The lowest BCUT2D eigenvalue weighted by Crippen LogP contribution is -2.15. The molecule has 8 heteroatoms. The number of hydrogen-bond acceptors (Lipinski definition) is 6. The summed E-state index contributed by atoms with van der Waals surface area (Å²) in [6.45, 7) is 1.95. The van der Waals surface area contributed by atoms with Crippen LogP contribution in [0.4, 0.5) is 10.1 Å². The number of ether oxygens (including phenoxy) is 1. The van der Waals surface area contributed by atoms with Gasteiger partial charge in [-0.15, -0.1) is 11.3 Å². The average Bonchev–Trinajstić information content (AvgIpc) is 3.15. The van der Waals surface area contributed by atoms with E-state index in [4.69, 9.17) is 4.74 Å². The molecule has 0 aliphatic rings. The number of thioether (sulfide) groups is 1. The first-order valence-corrected chi connectivity index (χ1v) is 10.6. The Bertz CT molecular complexity index is 1020. The van der Waals surface area contributed by atoms with Gasteiger partial charge in [-0.25, -0.2) is 9.37 Å². The first-order chi connectivity index (χ1) is 13.9. The highest BCUT2D eigenvalue weighted by molar-refractivity contribution is 8.01. The van der Waals surface area contributed by atoms with Gasteiger partial charge < -0.3 is 10.1 Å². The first kappa shape index (κ1) is 21.0. The number of nitrogens with zero attached hydrogens (tertiary/aromatic N) is 1. The molecule has 0 atom stereocenters. The lowest BCUT2D eigenvalue weighted by Gasteiger charge is -2.10. The fourth-order valence-corrected chi connectivity index (χ4v) is 4.28. The van der Waals surface area contributed by atoms with Gasteiger partial charge in [-0.3, -0.25) is 9.59 Å². The number of halogens is 1. The summed E-state index contributed by atoms with van der Waals surface area (Å²) in [5.74, 6) is 0.130. The molecule has 3 aromatic rings. The highest BCUT2D eigenvalue weighted by atomic mass is 32.2. The van der Waals surface area contributed by atoms with Crippen LogP contribution in [-0.2, 0) is 11.2 Å². The van der Waals surface area contributed by atoms with Crippen molar-refractivity contribution >= 4 is 40.5 Å². The normalized spacial score (nSPS) is 10.6. The Labute approximate surface area is 176 Å². The zero-order valence-corrected chi connectivity index (χ0v) is 17.5. The van der Waals surface area contributed by atoms with Crippen LogP contribution in [0.1, 0.15) is 21.6 Å². The maximum absolute atomic E-state index is 12.9. The van der Waals surface area contributed by atoms with Gasteiger partial charge in [0.1, 0.15) is 11.6 Å². The predicted molar refractivity (Wildman–Crippen MR) is 114 cm³/mol. The lowest BCUT2D eigenvalue weighted by molar-refractivity contribution is -0.115. The molecule has 0 saturated carbocycles. The second kappa shape index (κ2) is 9.67. The summed E-state index contributed by atoms with van der Waals surface area (Å²) in [5, 5.41) is 4.63. The molecule has 1 N–H and O–H groups in total. The van der Waals surface area contributed by atoms with Crippen molar-refractivity contribution in [3.8, 4) is 5.75 Å². The van der Waals surface area contributed by atoms with Crippen molar-refractivity contribution in [3.05, 3.63) is 70.5 Å². The standard InChI is InChI=1S/C21H19FN2O3S2/c1-13-3-8-17(19(9-13)27-2)24-20(26)10-16-11-28-21(23-16)29-12-18(25)14-4-6-15(22)7-5-14/h3-9,11H,10,12H2,1-2H3,(H,24,26). The summed E-state index contributed by atoms with van der Waals surface area (Å²) in [5.41, 5.74) is 2.74. The summed E-state index contributed by atoms with van der Waals surface area (Å²) in [4.78, 5) is 28.9. The number of carbonyl (C=O) groups is 2. The minimum atomic E-state index is -0.375. The number of Topliss-reactive ketones (excluding diaryl/α,β-unsaturated/α-hetero) is 1. The summed E-state index contributed by atoms with van der Waals surface area (Å²) in [6.07, 6.45) is 0.125. The van der Waals surface area contributed by atoms with Crippen LogP contribution in [0, 0.1) is 12.7 Å². The third kappa shape index (κ3) is 5.88. The Morgan fingerprint density at radius 2 is 1.97 bits per heavy atom. The zero-order chi connectivity index (χ0) is 20.8. The Morgan fingerprint density at radius 3 is 2.69 bits per heavy atom. The number of nitrogens with one attached hydrogen (secondary N) is 1. The summed E-state index contributed by atoms with van der Waals surface area (Å²) >= 11 is 2.68. The Morgan fingerprint density at radius 1 is 1.21 bits per heavy atom. The fourth-order valence-electron chi connectivity index (χ4n) is 2.54. The molecule has 0 radical (unpaired) electrons. The maximum atomic E-state index is 12.9. The molecule has 0 aliphatic heterocycles. The van der Waals surface area contributed by atoms with Crippen LogP contribution in [0.5, 0.6) is 5.75 Å². The Balaban J connectivity index is 1.54. The number of aryl methyl sites for hydroxylation is 1. The SMILES string of the molecule is COc1cc(C)ccc1NC(=O)Cc1csc(SCC(=O)c2ccc(F)cc2)n1. The van der Waals surface area contributed by atoms with Crippen LogP contribution in [0.3, 0.4) is 0 Å². The monoisotopic (exact) mass is 430 g/mol. The number of hydrogen-bond donors (Lipinski definition) is 1. The summed E-state index contributed by atoms with van der Waals surface area (Å²) in [7, 11) is 1.56. The molecule has 1 aromatic heterocycles. The van der Waals surface area contributed by atoms with Crippen molar-refractivity contribution in [2.24, 2.45) is 0 Å². The van der Waals surface area contributed by atoms with E-state index in [-0.39, 0.29) is 29.7 Å².